The van der Waals surface area contributed by atoms with Crippen LogP contribution in [0, 0.1) is 43.4 Å². The third-order valence-corrected chi connectivity index (χ3v) is 16.2. The van der Waals surface area contributed by atoms with E-state index in [9.17, 15) is 14.7 Å². The molecule has 5 aromatic rings. The maximum absolute atomic E-state index is 12.6. The SMILES string of the molecule is CC(=O)N1CCc2c(c(N3CCCc4cc(-c5cnn(C)c5)c(C)cc43)nn2C2CCN(CC3CCN(c4ccc(C=O)nn4)CC3(C)C)CC2)C1.CNC1CCCCC1.Cc1c(O)ccc(C#N)c1C. The van der Waals surface area contributed by atoms with Gasteiger partial charge in [0.2, 0.25) is 5.91 Å². The molecule has 378 valence electrons. The van der Waals surface area contributed by atoms with Crippen molar-refractivity contribution in [2.75, 3.05) is 62.7 Å². The maximum Gasteiger partial charge on any atom is 0.219 e. The van der Waals surface area contributed by atoms with Crippen molar-refractivity contribution in [3.63, 3.8) is 0 Å². The highest BCUT2D eigenvalue weighted by Gasteiger charge is 2.39. The number of anilines is 3. The number of nitrogens with one attached hydrogen (secondary N) is 1. The number of aryl methyl sites for hydroxylation is 3. The van der Waals surface area contributed by atoms with Crippen molar-refractivity contribution >= 4 is 29.5 Å². The molecule has 1 saturated carbocycles. The fourth-order valence-electron chi connectivity index (χ4n) is 11.5. The van der Waals surface area contributed by atoms with Gasteiger partial charge < -0.3 is 30.0 Å². The first-order chi connectivity index (χ1) is 34.2. The summed E-state index contributed by atoms with van der Waals surface area (Å²) in [6.45, 7) is 19.7. The van der Waals surface area contributed by atoms with Crippen LogP contribution in [-0.4, -0.2) is 116 Å². The summed E-state index contributed by atoms with van der Waals surface area (Å²) in [5.41, 5.74) is 11.5. The minimum atomic E-state index is 0.125. The minimum Gasteiger partial charge on any atom is -0.508 e. The Bertz CT molecular complexity index is 2690. The molecular weight excluding hydrogens is 889 g/mol. The van der Waals surface area contributed by atoms with E-state index in [0.717, 1.165) is 125 Å². The van der Waals surface area contributed by atoms with E-state index in [4.69, 9.17) is 10.4 Å². The van der Waals surface area contributed by atoms with Crippen molar-refractivity contribution in [3.05, 3.63) is 93.6 Å². The van der Waals surface area contributed by atoms with Crippen LogP contribution in [0.5, 0.6) is 5.75 Å². The number of nitrogens with zero attached hydrogens (tertiary/aromatic N) is 11. The number of nitriles is 1. The molecule has 1 amide bonds. The topological polar surface area (TPSA) is 165 Å². The minimum absolute atomic E-state index is 0.125. The molecule has 3 fully saturated rings. The van der Waals surface area contributed by atoms with Gasteiger partial charge in [-0.15, -0.1) is 10.2 Å². The van der Waals surface area contributed by atoms with E-state index in [1.54, 1.807) is 32.0 Å². The number of hydrogen-bond acceptors (Lipinski definition) is 12. The lowest BCUT2D eigenvalue weighted by molar-refractivity contribution is -0.129. The number of benzene rings is 2. The zero-order valence-electron chi connectivity index (χ0n) is 43.5. The second-order valence-corrected chi connectivity index (χ2v) is 21.3. The molecule has 4 aliphatic heterocycles. The Kier molecular flexibility index (Phi) is 16.3. The van der Waals surface area contributed by atoms with Crippen LogP contribution in [0.15, 0.2) is 48.8 Å². The predicted octanol–water partition coefficient (Wildman–Crippen LogP) is 8.79. The highest BCUT2D eigenvalue weighted by atomic mass is 16.3. The Hall–Kier alpha value is -6.11. The molecule has 71 heavy (non-hydrogen) atoms. The van der Waals surface area contributed by atoms with Crippen LogP contribution in [0.2, 0.25) is 0 Å². The van der Waals surface area contributed by atoms with Crippen LogP contribution in [-0.2, 0) is 31.2 Å². The summed E-state index contributed by atoms with van der Waals surface area (Å²) < 4.78 is 4.24. The number of phenols is 1. The lowest BCUT2D eigenvalue weighted by Gasteiger charge is -2.47. The van der Waals surface area contributed by atoms with Gasteiger partial charge in [0.05, 0.1) is 30.4 Å². The quantitative estimate of drug-likeness (QED) is 0.142. The standard InChI is InChI=1S/C40H52N10O2.C9H9NO.C7H15N/c1-27-19-37-29(20-34(27)30-21-41-45(5)22-30)7-6-14-49(37)39-35-24-47(28(2)52)18-13-36(35)50(44-39)33-11-15-46(16-12-33)23-31-10-17-48(26-40(31,3)4)38-9-8-32(25-51)42-43-38;1-6-7(2)9(11)4-3-8(6)5-10;1-8-7-5-3-2-4-6-7/h8-9,19-22,25,31,33H,6-7,10-18,23-24,26H2,1-5H3;3-4,11H,1-2H3;7-8H,2-6H2,1H3. The van der Waals surface area contributed by atoms with Crippen LogP contribution < -0.4 is 15.1 Å². The number of fused-ring (bicyclic) bond motifs is 2. The van der Waals surface area contributed by atoms with Crippen LogP contribution in [0.3, 0.4) is 0 Å². The lowest BCUT2D eigenvalue weighted by atomic mass is 9.73. The molecule has 15 nitrogen and oxygen atoms in total. The average Bonchev–Trinajstić information content (AvgIpc) is 4.00. The number of aromatic nitrogens is 6. The first kappa shape index (κ1) is 51.3. The van der Waals surface area contributed by atoms with Crippen molar-refractivity contribution in [2.45, 2.75) is 131 Å². The number of carbonyl (C=O) groups is 2. The van der Waals surface area contributed by atoms with Crippen molar-refractivity contribution in [3.8, 4) is 22.9 Å². The summed E-state index contributed by atoms with van der Waals surface area (Å²) in [5.74, 6) is 2.86. The van der Waals surface area contributed by atoms with Crippen molar-refractivity contribution in [1.29, 1.82) is 5.26 Å². The summed E-state index contributed by atoms with van der Waals surface area (Å²) in [4.78, 5) is 33.1. The van der Waals surface area contributed by atoms with E-state index >= 15 is 0 Å². The van der Waals surface area contributed by atoms with Crippen molar-refractivity contribution < 1.29 is 14.7 Å². The van der Waals surface area contributed by atoms with Gasteiger partial charge in [-0.2, -0.15) is 15.5 Å². The van der Waals surface area contributed by atoms with Gasteiger partial charge in [0.15, 0.2) is 17.9 Å². The Morgan fingerprint density at radius 3 is 2.34 bits per heavy atom. The van der Waals surface area contributed by atoms with Crippen molar-refractivity contribution in [1.82, 2.24) is 44.9 Å². The second-order valence-electron chi connectivity index (χ2n) is 21.3. The molecule has 2 aromatic carbocycles. The van der Waals surface area contributed by atoms with Gasteiger partial charge in [0.1, 0.15) is 11.4 Å². The zero-order chi connectivity index (χ0) is 50.4. The maximum atomic E-state index is 12.6. The summed E-state index contributed by atoms with van der Waals surface area (Å²) in [6, 6.07) is 14.8. The van der Waals surface area contributed by atoms with Gasteiger partial charge in [-0.05, 0) is 148 Å². The van der Waals surface area contributed by atoms with Gasteiger partial charge in [-0.1, -0.05) is 33.1 Å². The van der Waals surface area contributed by atoms with Crippen LogP contribution in [0.25, 0.3) is 11.1 Å². The zero-order valence-corrected chi connectivity index (χ0v) is 43.5. The van der Waals surface area contributed by atoms with Crippen LogP contribution in [0.1, 0.15) is 134 Å². The Labute approximate surface area is 421 Å². The third kappa shape index (κ3) is 11.7. The number of aromatic hydroxyl groups is 1. The largest absolute Gasteiger partial charge is 0.508 e. The highest BCUT2D eigenvalue weighted by Crippen LogP contribution is 2.43. The molecule has 5 aliphatic rings. The molecule has 2 N–H and O–H groups in total. The highest BCUT2D eigenvalue weighted by molar-refractivity contribution is 5.78. The van der Waals surface area contributed by atoms with Gasteiger partial charge in [-0.3, -0.25) is 19.0 Å². The molecule has 10 rings (SSSR count). The summed E-state index contributed by atoms with van der Waals surface area (Å²) in [5, 5.41) is 39.4. The fraction of sp³-hybridized carbons (Fsp3) is 0.554. The van der Waals surface area contributed by atoms with E-state index in [2.05, 4.69) is 92.2 Å². The molecule has 1 atom stereocenters. The van der Waals surface area contributed by atoms with Crippen LogP contribution >= 0.6 is 0 Å². The normalized spacial score (nSPS) is 19.4. The molecular formula is C56H76N12O3. The molecule has 0 bridgehead atoms. The number of aldehydes is 1. The number of hydrogen-bond donors (Lipinski definition) is 2. The van der Waals surface area contributed by atoms with E-state index in [1.807, 2.05) is 35.8 Å². The summed E-state index contributed by atoms with van der Waals surface area (Å²) >= 11 is 0. The molecule has 15 heteroatoms. The lowest BCUT2D eigenvalue weighted by Crippen LogP contribution is -2.50. The first-order valence-electron chi connectivity index (χ1n) is 26.1. The predicted molar refractivity (Wildman–Crippen MR) is 280 cm³/mol. The van der Waals surface area contributed by atoms with E-state index in [-0.39, 0.29) is 17.1 Å². The number of carbonyl (C=O) groups excluding carboxylic acids is 2. The Morgan fingerprint density at radius 1 is 0.930 bits per heavy atom. The number of phenolic OH excluding ortho intramolecular Hbond substituents is 1. The number of amides is 1. The Morgan fingerprint density at radius 2 is 1.70 bits per heavy atom. The summed E-state index contributed by atoms with van der Waals surface area (Å²) in [6.07, 6.45) is 18.1. The van der Waals surface area contributed by atoms with Crippen molar-refractivity contribution in [2.24, 2.45) is 18.4 Å². The molecule has 0 radical (unpaired) electrons. The van der Waals surface area contributed by atoms with E-state index in [1.165, 1.54) is 65.7 Å². The third-order valence-electron chi connectivity index (χ3n) is 16.2. The van der Waals surface area contributed by atoms with Gasteiger partial charge in [0.25, 0.3) is 0 Å². The van der Waals surface area contributed by atoms with Gasteiger partial charge >= 0.3 is 0 Å². The van der Waals surface area contributed by atoms with E-state index in [0.29, 0.717) is 29.8 Å². The number of likely N-dealkylation sites (tertiary alicyclic amines) is 1. The number of piperidine rings is 2. The molecule has 3 aromatic heterocycles. The fourth-order valence-corrected chi connectivity index (χ4v) is 11.5. The van der Waals surface area contributed by atoms with Gasteiger partial charge in [-0.25, -0.2) is 0 Å². The molecule has 0 spiro atoms. The van der Waals surface area contributed by atoms with Crippen LogP contribution in [0.4, 0.5) is 17.3 Å². The van der Waals surface area contributed by atoms with Gasteiger partial charge in [0, 0.05) is 101 Å². The Balaban J connectivity index is 0.000000296. The van der Waals surface area contributed by atoms with E-state index < -0.39 is 0 Å². The molecule has 7 heterocycles. The molecule has 1 aliphatic carbocycles. The number of rotatable bonds is 8. The monoisotopic (exact) mass is 965 g/mol. The average molecular weight is 965 g/mol. The summed E-state index contributed by atoms with van der Waals surface area (Å²) in [7, 11) is 4.03. The second kappa shape index (κ2) is 22.5. The smallest absolute Gasteiger partial charge is 0.219 e. The first-order valence-corrected chi connectivity index (χ1v) is 26.1. The molecule has 1 unspecified atom stereocenters. The molecule has 2 saturated heterocycles.